The fourth-order valence-electron chi connectivity index (χ4n) is 1.86. The Morgan fingerprint density at radius 1 is 1.29 bits per heavy atom. The molecule has 0 fully saturated rings. The molecular formula is C14H12N4O2S. The molecule has 0 aliphatic carbocycles. The molecule has 3 aromatic heterocycles. The van der Waals surface area contributed by atoms with E-state index in [0.29, 0.717) is 17.1 Å². The van der Waals surface area contributed by atoms with Crippen molar-refractivity contribution < 1.29 is 9.32 Å². The van der Waals surface area contributed by atoms with Crippen molar-refractivity contribution in [2.75, 3.05) is 5.32 Å². The molecule has 0 saturated carbocycles. The van der Waals surface area contributed by atoms with Gasteiger partial charge in [0, 0.05) is 17.8 Å². The van der Waals surface area contributed by atoms with E-state index >= 15 is 0 Å². The van der Waals surface area contributed by atoms with Crippen LogP contribution in [0, 0.1) is 13.8 Å². The van der Waals surface area contributed by atoms with Crippen LogP contribution in [0.3, 0.4) is 0 Å². The van der Waals surface area contributed by atoms with Gasteiger partial charge >= 0.3 is 0 Å². The van der Waals surface area contributed by atoms with Crippen molar-refractivity contribution in [3.8, 4) is 10.6 Å². The van der Waals surface area contributed by atoms with Gasteiger partial charge in [-0.25, -0.2) is 4.98 Å². The second kappa shape index (κ2) is 5.45. The van der Waals surface area contributed by atoms with Crippen LogP contribution < -0.4 is 5.32 Å². The van der Waals surface area contributed by atoms with Gasteiger partial charge in [0.25, 0.3) is 5.91 Å². The molecule has 6 nitrogen and oxygen atoms in total. The first-order valence-corrected chi connectivity index (χ1v) is 7.12. The maximum atomic E-state index is 12.2. The van der Waals surface area contributed by atoms with Crippen LogP contribution in [0.5, 0.6) is 0 Å². The number of hydrogen-bond donors (Lipinski definition) is 1. The number of amides is 1. The Labute approximate surface area is 124 Å². The predicted molar refractivity (Wildman–Crippen MR) is 79.3 cm³/mol. The molecule has 0 saturated heterocycles. The van der Waals surface area contributed by atoms with Crippen LogP contribution in [0.4, 0.5) is 5.82 Å². The van der Waals surface area contributed by atoms with E-state index in [-0.39, 0.29) is 5.91 Å². The van der Waals surface area contributed by atoms with Crippen molar-refractivity contribution in [3.63, 3.8) is 0 Å². The fourth-order valence-corrected chi connectivity index (χ4v) is 2.63. The van der Waals surface area contributed by atoms with Crippen molar-refractivity contribution in [1.82, 2.24) is 15.1 Å². The van der Waals surface area contributed by atoms with Gasteiger partial charge in [0.2, 0.25) is 0 Å². The third-order valence-electron chi connectivity index (χ3n) is 2.87. The number of pyridine rings is 1. The Balaban J connectivity index is 1.86. The van der Waals surface area contributed by atoms with Gasteiger partial charge in [0.1, 0.15) is 5.76 Å². The van der Waals surface area contributed by atoms with E-state index in [1.165, 1.54) is 11.3 Å². The molecule has 1 amide bonds. The summed E-state index contributed by atoms with van der Waals surface area (Å²) in [4.78, 5) is 21.6. The van der Waals surface area contributed by atoms with Crippen molar-refractivity contribution in [2.24, 2.45) is 0 Å². The van der Waals surface area contributed by atoms with E-state index in [2.05, 4.69) is 20.4 Å². The normalized spacial score (nSPS) is 10.6. The van der Waals surface area contributed by atoms with E-state index in [9.17, 15) is 4.79 Å². The Bertz CT molecular complexity index is 794. The minimum atomic E-state index is -0.255. The lowest BCUT2D eigenvalue weighted by Crippen LogP contribution is -2.12. The highest BCUT2D eigenvalue weighted by Gasteiger charge is 2.12. The van der Waals surface area contributed by atoms with Crippen LogP contribution in [-0.2, 0) is 0 Å². The number of aromatic nitrogens is 3. The summed E-state index contributed by atoms with van der Waals surface area (Å²) in [7, 11) is 0. The molecule has 7 heteroatoms. The SMILES string of the molecule is Cc1cc(NC(=O)c2ccnc(-c3scnc3C)c2)no1. The van der Waals surface area contributed by atoms with Gasteiger partial charge in [-0.3, -0.25) is 9.78 Å². The van der Waals surface area contributed by atoms with Gasteiger partial charge in [0.15, 0.2) is 5.82 Å². The molecule has 106 valence electrons. The van der Waals surface area contributed by atoms with Gasteiger partial charge in [-0.05, 0) is 26.0 Å². The lowest BCUT2D eigenvalue weighted by atomic mass is 10.2. The zero-order chi connectivity index (χ0) is 14.8. The smallest absolute Gasteiger partial charge is 0.257 e. The van der Waals surface area contributed by atoms with Crippen LogP contribution in [0.25, 0.3) is 10.6 Å². The van der Waals surface area contributed by atoms with Crippen LogP contribution >= 0.6 is 11.3 Å². The lowest BCUT2D eigenvalue weighted by molar-refractivity contribution is 0.102. The Morgan fingerprint density at radius 2 is 2.14 bits per heavy atom. The van der Waals surface area contributed by atoms with Crippen LogP contribution in [0.2, 0.25) is 0 Å². The van der Waals surface area contributed by atoms with E-state index < -0.39 is 0 Å². The highest BCUT2D eigenvalue weighted by atomic mass is 32.1. The molecule has 21 heavy (non-hydrogen) atoms. The van der Waals surface area contributed by atoms with E-state index in [4.69, 9.17) is 4.52 Å². The summed E-state index contributed by atoms with van der Waals surface area (Å²) in [6.07, 6.45) is 1.61. The molecule has 0 radical (unpaired) electrons. The molecule has 0 unspecified atom stereocenters. The Morgan fingerprint density at radius 3 is 2.81 bits per heavy atom. The summed E-state index contributed by atoms with van der Waals surface area (Å²) >= 11 is 1.50. The predicted octanol–water partition coefficient (Wildman–Crippen LogP) is 3.06. The fraction of sp³-hybridized carbons (Fsp3) is 0.143. The first-order chi connectivity index (χ1) is 10.1. The van der Waals surface area contributed by atoms with E-state index in [0.717, 1.165) is 16.3 Å². The second-order valence-electron chi connectivity index (χ2n) is 4.47. The average molecular weight is 300 g/mol. The van der Waals surface area contributed by atoms with Gasteiger partial charge < -0.3 is 9.84 Å². The molecular weight excluding hydrogens is 288 g/mol. The van der Waals surface area contributed by atoms with E-state index in [1.54, 1.807) is 36.8 Å². The first-order valence-electron chi connectivity index (χ1n) is 6.24. The molecule has 0 aliphatic heterocycles. The second-order valence-corrected chi connectivity index (χ2v) is 5.33. The lowest BCUT2D eigenvalue weighted by Gasteiger charge is -2.03. The number of aryl methyl sites for hydroxylation is 2. The maximum Gasteiger partial charge on any atom is 0.257 e. The number of hydrogen-bond acceptors (Lipinski definition) is 6. The zero-order valence-corrected chi connectivity index (χ0v) is 12.3. The van der Waals surface area contributed by atoms with Crippen LogP contribution in [0.15, 0.2) is 34.4 Å². The molecule has 0 atom stereocenters. The number of rotatable bonds is 3. The van der Waals surface area contributed by atoms with E-state index in [1.807, 2.05) is 6.92 Å². The summed E-state index contributed by atoms with van der Waals surface area (Å²) in [6, 6.07) is 5.05. The van der Waals surface area contributed by atoms with Gasteiger partial charge in [-0.2, -0.15) is 0 Å². The van der Waals surface area contributed by atoms with Crippen molar-refractivity contribution in [3.05, 3.63) is 46.9 Å². The third kappa shape index (κ3) is 2.82. The summed E-state index contributed by atoms with van der Waals surface area (Å²) in [5, 5.41) is 6.42. The number of carbonyl (C=O) groups is 1. The number of nitrogens with zero attached hydrogens (tertiary/aromatic N) is 3. The standard InChI is InChI=1S/C14H12N4O2S/c1-8-5-12(18-20-8)17-14(19)10-3-4-15-11(6-10)13-9(2)16-7-21-13/h3-7H,1-2H3,(H,17,18,19). The first kappa shape index (κ1) is 13.4. The van der Waals surface area contributed by atoms with Crippen molar-refractivity contribution in [1.29, 1.82) is 0 Å². The molecule has 3 heterocycles. The van der Waals surface area contributed by atoms with Crippen LogP contribution in [-0.4, -0.2) is 21.0 Å². The van der Waals surface area contributed by atoms with Gasteiger partial charge in [0.05, 0.1) is 21.8 Å². The Hall–Kier alpha value is -2.54. The third-order valence-corrected chi connectivity index (χ3v) is 3.82. The number of nitrogens with one attached hydrogen (secondary N) is 1. The molecule has 0 aliphatic rings. The highest BCUT2D eigenvalue weighted by Crippen LogP contribution is 2.25. The largest absolute Gasteiger partial charge is 0.360 e. The molecule has 0 bridgehead atoms. The summed E-state index contributed by atoms with van der Waals surface area (Å²) in [5.41, 5.74) is 3.90. The number of thiazole rings is 1. The summed E-state index contributed by atoms with van der Waals surface area (Å²) in [6.45, 7) is 3.68. The highest BCUT2D eigenvalue weighted by molar-refractivity contribution is 7.13. The topological polar surface area (TPSA) is 80.9 Å². The average Bonchev–Trinajstić information content (AvgIpc) is 3.07. The van der Waals surface area contributed by atoms with Crippen LogP contribution in [0.1, 0.15) is 21.8 Å². The zero-order valence-electron chi connectivity index (χ0n) is 11.5. The molecule has 1 N–H and O–H groups in total. The van der Waals surface area contributed by atoms with Gasteiger partial charge in [-0.15, -0.1) is 11.3 Å². The Kier molecular flexibility index (Phi) is 3.49. The minimum absolute atomic E-state index is 0.255. The maximum absolute atomic E-state index is 12.2. The van der Waals surface area contributed by atoms with Gasteiger partial charge in [-0.1, -0.05) is 5.16 Å². The molecule has 0 aromatic carbocycles. The summed E-state index contributed by atoms with van der Waals surface area (Å²) in [5.74, 6) is 0.778. The summed E-state index contributed by atoms with van der Waals surface area (Å²) < 4.78 is 4.92. The number of carbonyl (C=O) groups excluding carboxylic acids is 1. The molecule has 3 rings (SSSR count). The quantitative estimate of drug-likeness (QED) is 0.804. The monoisotopic (exact) mass is 300 g/mol. The van der Waals surface area contributed by atoms with Crippen molar-refractivity contribution in [2.45, 2.75) is 13.8 Å². The molecule has 3 aromatic rings. The number of anilines is 1. The molecule has 0 spiro atoms. The van der Waals surface area contributed by atoms with Crippen molar-refractivity contribution >= 4 is 23.1 Å². The minimum Gasteiger partial charge on any atom is -0.360 e.